The first kappa shape index (κ1) is 33.6. The summed E-state index contributed by atoms with van der Waals surface area (Å²) in [5.74, 6) is -0.942. The van der Waals surface area contributed by atoms with Gasteiger partial charge in [0, 0.05) is 30.5 Å². The van der Waals surface area contributed by atoms with Crippen LogP contribution in [-0.2, 0) is 42.4 Å². The molecule has 1 fully saturated rings. The highest BCUT2D eigenvalue weighted by atomic mass is 127. The third-order valence-corrected chi connectivity index (χ3v) is 11.7. The van der Waals surface area contributed by atoms with Crippen molar-refractivity contribution in [3.8, 4) is 0 Å². The molecule has 39 heavy (non-hydrogen) atoms. The van der Waals surface area contributed by atoms with Crippen LogP contribution in [0, 0.1) is 0 Å². The number of aromatic nitrogens is 2. The maximum Gasteiger partial charge on any atom is 0.330 e. The summed E-state index contributed by atoms with van der Waals surface area (Å²) in [6.07, 6.45) is -1.64. The number of ether oxygens (including phenoxy) is 6. The van der Waals surface area contributed by atoms with Gasteiger partial charge in [-0.1, -0.05) is 43.4 Å². The van der Waals surface area contributed by atoms with Gasteiger partial charge in [0.15, 0.2) is 14.5 Å². The Balaban J connectivity index is 2.41. The number of hydrogen-bond donors (Lipinski definition) is 1. The fourth-order valence-electron chi connectivity index (χ4n) is 3.40. The van der Waals surface area contributed by atoms with Gasteiger partial charge < -0.3 is 32.8 Å². The molecule has 0 saturated carbocycles. The maximum absolute atomic E-state index is 12.7. The first-order valence-electron chi connectivity index (χ1n) is 12.5. The smallest absolute Gasteiger partial charge is 0.330 e. The minimum absolute atomic E-state index is 0.0489. The maximum atomic E-state index is 12.7. The van der Waals surface area contributed by atoms with Crippen LogP contribution < -0.4 is 11.2 Å². The third-order valence-electron chi connectivity index (χ3n) is 6.35. The summed E-state index contributed by atoms with van der Waals surface area (Å²) in [6, 6.07) is 1.21. The number of halogens is 1. The number of esters is 2. The van der Waals surface area contributed by atoms with Crippen molar-refractivity contribution in [1.29, 1.82) is 0 Å². The van der Waals surface area contributed by atoms with Crippen LogP contribution in [0.25, 0.3) is 0 Å². The average molecular weight is 687 g/mol. The predicted molar refractivity (Wildman–Crippen MR) is 150 cm³/mol. The van der Waals surface area contributed by atoms with E-state index in [9.17, 15) is 19.2 Å². The van der Waals surface area contributed by atoms with E-state index < -0.39 is 62.5 Å². The lowest BCUT2D eigenvalue weighted by Gasteiger charge is -2.40. The summed E-state index contributed by atoms with van der Waals surface area (Å²) in [4.78, 5) is 49.0. The van der Waals surface area contributed by atoms with Crippen LogP contribution in [0.2, 0.25) is 18.1 Å². The van der Waals surface area contributed by atoms with Gasteiger partial charge in [-0.05, 0) is 18.1 Å². The van der Waals surface area contributed by atoms with Gasteiger partial charge in [0.25, 0.3) is 12.0 Å². The Bertz CT molecular complexity index is 1050. The molecule has 15 heteroatoms. The van der Waals surface area contributed by atoms with Crippen LogP contribution in [0.3, 0.4) is 0 Å². The Morgan fingerprint density at radius 2 is 1.62 bits per heavy atom. The largest absolute Gasteiger partial charge is 0.463 e. The zero-order valence-corrected chi connectivity index (χ0v) is 26.6. The predicted octanol–water partition coefficient (Wildman–Crippen LogP) is 2.09. The normalized spacial score (nSPS) is 21.8. The molecule has 4 atom stereocenters. The van der Waals surface area contributed by atoms with E-state index >= 15 is 0 Å². The molecule has 0 aliphatic carbocycles. The van der Waals surface area contributed by atoms with Crippen molar-refractivity contribution < 1.29 is 42.4 Å². The molecule has 1 N–H and O–H groups in total. The Morgan fingerprint density at radius 1 is 1.05 bits per heavy atom. The number of nitrogens with one attached hydrogen (secondary N) is 1. The van der Waals surface area contributed by atoms with E-state index in [1.54, 1.807) is 0 Å². The molecule has 1 aromatic heterocycles. The molecule has 13 nitrogen and oxygen atoms in total. The molecule has 0 aromatic carbocycles. The summed E-state index contributed by atoms with van der Waals surface area (Å²) < 4.78 is 42.3. The Labute approximate surface area is 242 Å². The monoisotopic (exact) mass is 686 g/mol. The second-order valence-electron chi connectivity index (χ2n) is 10.4. The van der Waals surface area contributed by atoms with Crippen molar-refractivity contribution >= 4 is 42.8 Å². The SMILES string of the molecule is CC(=O)OCCOC(OCCOC(C)=O)OC1C(O[Si](C)(C)C(C)(C)C)[C@@H](CI)O[C@H]1n1ccc(=O)[nH]c1=O. The molecule has 2 rings (SSSR count). The van der Waals surface area contributed by atoms with Crippen LogP contribution in [0.4, 0.5) is 0 Å². The molecule has 1 saturated heterocycles. The number of aromatic amines is 1. The molecule has 0 bridgehead atoms. The molecular formula is C24H39IN2O11Si. The second kappa shape index (κ2) is 14.8. The highest BCUT2D eigenvalue weighted by molar-refractivity contribution is 14.1. The molecule has 1 aromatic rings. The fraction of sp³-hybridized carbons (Fsp3) is 0.750. The van der Waals surface area contributed by atoms with Crippen LogP contribution in [0.5, 0.6) is 0 Å². The quantitative estimate of drug-likeness (QED) is 0.0765. The second-order valence-corrected chi connectivity index (χ2v) is 16.0. The topological polar surface area (TPSA) is 154 Å². The first-order valence-corrected chi connectivity index (χ1v) is 17.0. The highest BCUT2D eigenvalue weighted by Crippen LogP contribution is 2.42. The molecule has 2 heterocycles. The van der Waals surface area contributed by atoms with Crippen molar-refractivity contribution in [2.75, 3.05) is 30.9 Å². The third kappa shape index (κ3) is 10.1. The molecule has 0 radical (unpaired) electrons. The standard InChI is InChI=1S/C24H39IN2O11Si/c1-15(28)32-10-12-34-23(35-13-11-33-16(2)29)37-20-19(38-39(6,7)24(3,4)5)17(14-25)36-21(20)27-9-8-18(30)26-22(27)31/h8-9,17,19-21,23H,10-14H2,1-7H3,(H,26,30,31)/t17-,19?,20?,21-/m1/s1. The van der Waals surface area contributed by atoms with Gasteiger partial charge in [-0.15, -0.1) is 0 Å². The minimum atomic E-state index is -2.37. The lowest BCUT2D eigenvalue weighted by molar-refractivity contribution is -0.320. The van der Waals surface area contributed by atoms with E-state index in [0.29, 0.717) is 4.43 Å². The number of rotatable bonds is 14. The molecule has 222 valence electrons. The van der Waals surface area contributed by atoms with Crippen molar-refractivity contribution in [3.05, 3.63) is 33.1 Å². The zero-order valence-electron chi connectivity index (χ0n) is 23.4. The number of hydrogen-bond acceptors (Lipinski definition) is 11. The van der Waals surface area contributed by atoms with E-state index in [4.69, 9.17) is 32.8 Å². The van der Waals surface area contributed by atoms with Gasteiger partial charge in [0.2, 0.25) is 0 Å². The van der Waals surface area contributed by atoms with Crippen molar-refractivity contribution in [3.63, 3.8) is 0 Å². The van der Waals surface area contributed by atoms with E-state index in [0.717, 1.165) is 0 Å². The van der Waals surface area contributed by atoms with Crippen molar-refractivity contribution in [2.24, 2.45) is 0 Å². The van der Waals surface area contributed by atoms with Gasteiger partial charge >= 0.3 is 17.6 Å². The lowest BCUT2D eigenvalue weighted by atomic mass is 10.1. The summed E-state index contributed by atoms with van der Waals surface area (Å²) in [5.41, 5.74) is -1.23. The van der Waals surface area contributed by atoms with Gasteiger partial charge in [-0.2, -0.15) is 0 Å². The van der Waals surface area contributed by atoms with Gasteiger partial charge in [0.05, 0.1) is 19.3 Å². The Hall–Kier alpha value is -1.63. The first-order chi connectivity index (χ1) is 18.2. The van der Waals surface area contributed by atoms with Crippen LogP contribution in [-0.4, -0.2) is 85.5 Å². The van der Waals surface area contributed by atoms with E-state index in [1.165, 1.54) is 30.7 Å². The number of alkyl halides is 1. The number of carbonyl (C=O) groups is 2. The van der Waals surface area contributed by atoms with E-state index in [1.807, 2.05) is 0 Å². The lowest BCUT2D eigenvalue weighted by Crippen LogP contribution is -2.51. The minimum Gasteiger partial charge on any atom is -0.463 e. The average Bonchev–Trinajstić information content (AvgIpc) is 3.14. The molecule has 1 aliphatic heterocycles. The summed E-state index contributed by atoms with van der Waals surface area (Å²) >= 11 is 2.18. The van der Waals surface area contributed by atoms with E-state index in [-0.39, 0.29) is 31.5 Å². The van der Waals surface area contributed by atoms with Crippen LogP contribution in [0.15, 0.2) is 21.9 Å². The van der Waals surface area contributed by atoms with Gasteiger partial charge in [0.1, 0.15) is 25.4 Å². The van der Waals surface area contributed by atoms with Gasteiger partial charge in [-0.3, -0.25) is 23.9 Å². The number of nitrogens with zero attached hydrogens (tertiary/aromatic N) is 1. The van der Waals surface area contributed by atoms with Crippen molar-refractivity contribution in [1.82, 2.24) is 9.55 Å². The zero-order chi connectivity index (χ0) is 29.4. The Morgan fingerprint density at radius 3 is 2.08 bits per heavy atom. The summed E-state index contributed by atoms with van der Waals surface area (Å²) in [6.45, 7) is 11.5. The number of H-pyrrole nitrogens is 1. The summed E-state index contributed by atoms with van der Waals surface area (Å²) in [7, 11) is -2.37. The molecule has 2 unspecified atom stereocenters. The molecule has 0 spiro atoms. The molecule has 0 amide bonds. The number of carbonyl (C=O) groups excluding carboxylic acids is 2. The van der Waals surface area contributed by atoms with Crippen molar-refractivity contribution in [2.45, 2.75) is 83.8 Å². The van der Waals surface area contributed by atoms with Crippen LogP contribution >= 0.6 is 22.6 Å². The molecular weight excluding hydrogens is 647 g/mol. The molecule has 1 aliphatic rings. The van der Waals surface area contributed by atoms with E-state index in [2.05, 4.69) is 61.4 Å². The fourth-order valence-corrected chi connectivity index (χ4v) is 5.43. The van der Waals surface area contributed by atoms with Gasteiger partial charge in [-0.25, -0.2) is 4.79 Å². The summed E-state index contributed by atoms with van der Waals surface area (Å²) in [5, 5.41) is -0.138. The Kier molecular flexibility index (Phi) is 12.8. The van der Waals surface area contributed by atoms with Crippen LogP contribution in [0.1, 0.15) is 40.8 Å². The highest BCUT2D eigenvalue weighted by Gasteiger charge is 2.52.